The van der Waals surface area contributed by atoms with Crippen molar-refractivity contribution in [2.45, 2.75) is 25.2 Å². The van der Waals surface area contributed by atoms with E-state index in [0.29, 0.717) is 11.1 Å². The summed E-state index contributed by atoms with van der Waals surface area (Å²) < 4.78 is 0. The highest BCUT2D eigenvalue weighted by molar-refractivity contribution is 5.74. The zero-order chi connectivity index (χ0) is 22.3. The van der Waals surface area contributed by atoms with Crippen molar-refractivity contribution in [1.29, 1.82) is 10.5 Å². The molecule has 2 heteroatoms. The van der Waals surface area contributed by atoms with E-state index < -0.39 is 0 Å². The normalized spacial score (nSPS) is 14.0. The van der Waals surface area contributed by atoms with Gasteiger partial charge in [-0.3, -0.25) is 0 Å². The van der Waals surface area contributed by atoms with Crippen molar-refractivity contribution < 1.29 is 0 Å². The van der Waals surface area contributed by atoms with Gasteiger partial charge in [0.15, 0.2) is 0 Å². The Morgan fingerprint density at radius 3 is 1.62 bits per heavy atom. The summed E-state index contributed by atoms with van der Waals surface area (Å²) in [7, 11) is 0. The maximum absolute atomic E-state index is 9.51. The van der Waals surface area contributed by atoms with Crippen LogP contribution in [0.1, 0.15) is 58.7 Å². The quantitative estimate of drug-likeness (QED) is 0.360. The molecule has 5 rings (SSSR count). The van der Waals surface area contributed by atoms with Gasteiger partial charge in [0.1, 0.15) is 0 Å². The molecule has 0 atom stereocenters. The van der Waals surface area contributed by atoms with Crippen molar-refractivity contribution in [3.8, 4) is 23.3 Å². The van der Waals surface area contributed by atoms with Crippen LogP contribution in [-0.4, -0.2) is 0 Å². The Balaban J connectivity index is 1.81. The van der Waals surface area contributed by atoms with Gasteiger partial charge in [0.05, 0.1) is 23.3 Å². The molecular weight excluding hydrogens is 388 g/mol. The molecule has 2 nitrogen and oxygen atoms in total. The molecule has 0 saturated carbocycles. The first-order valence-electron chi connectivity index (χ1n) is 10.8. The van der Waals surface area contributed by atoms with Gasteiger partial charge in [0.25, 0.3) is 0 Å². The van der Waals surface area contributed by atoms with E-state index in [4.69, 9.17) is 0 Å². The number of rotatable bonds is 2. The number of hydrogen-bond acceptors (Lipinski definition) is 2. The molecule has 0 unspecified atom stereocenters. The maximum Gasteiger partial charge on any atom is 0.0992 e. The smallest absolute Gasteiger partial charge is 0.0992 e. The lowest BCUT2D eigenvalue weighted by Crippen LogP contribution is -2.29. The summed E-state index contributed by atoms with van der Waals surface area (Å²) in [4.78, 5) is 0. The largest absolute Gasteiger partial charge is 0.192 e. The second-order valence-electron chi connectivity index (χ2n) is 8.84. The minimum Gasteiger partial charge on any atom is -0.192 e. The summed E-state index contributed by atoms with van der Waals surface area (Å²) >= 11 is 0. The predicted octanol–water partition coefficient (Wildman–Crippen LogP) is 6.92. The Bertz CT molecular complexity index is 1350. The van der Waals surface area contributed by atoms with Gasteiger partial charge in [-0.25, -0.2) is 0 Å². The Morgan fingerprint density at radius 1 is 0.625 bits per heavy atom. The predicted molar refractivity (Wildman–Crippen MR) is 127 cm³/mol. The summed E-state index contributed by atoms with van der Waals surface area (Å²) in [5, 5.41) is 19.0. The van der Waals surface area contributed by atoms with Crippen LogP contribution >= 0.6 is 0 Å². The standard InChI is InChI=1S/C30H22N2/c1-30(2)27-13-7-5-11-25(27)29(26-12-6-8-14-28(26)30)24-10-4-3-9-23(24)22-16-20(18-31)15-21(17-22)19-32/h3-17,29H,1-2H3. The Kier molecular flexibility index (Phi) is 4.66. The van der Waals surface area contributed by atoms with E-state index in [0.717, 1.165) is 11.1 Å². The Hall–Kier alpha value is -4.14. The van der Waals surface area contributed by atoms with Crippen LogP contribution in [-0.2, 0) is 5.41 Å². The molecule has 0 amide bonds. The molecule has 1 aliphatic carbocycles. The van der Waals surface area contributed by atoms with Gasteiger partial charge >= 0.3 is 0 Å². The van der Waals surface area contributed by atoms with Gasteiger partial charge in [0, 0.05) is 11.3 Å². The molecule has 0 bridgehead atoms. The van der Waals surface area contributed by atoms with Crippen molar-refractivity contribution in [2.75, 3.05) is 0 Å². The molecular formula is C30H22N2. The van der Waals surface area contributed by atoms with Crippen LogP contribution in [0.15, 0.2) is 91.0 Å². The number of fused-ring (bicyclic) bond motifs is 2. The second-order valence-corrected chi connectivity index (χ2v) is 8.84. The molecule has 1 aliphatic rings. The lowest BCUT2D eigenvalue weighted by molar-refractivity contribution is 0.597. The fourth-order valence-corrected chi connectivity index (χ4v) is 5.21. The molecule has 32 heavy (non-hydrogen) atoms. The Morgan fingerprint density at radius 2 is 1.09 bits per heavy atom. The summed E-state index contributed by atoms with van der Waals surface area (Å²) in [5.74, 6) is 0.0721. The zero-order valence-corrected chi connectivity index (χ0v) is 18.1. The first-order valence-corrected chi connectivity index (χ1v) is 10.8. The molecule has 4 aromatic rings. The van der Waals surface area contributed by atoms with Crippen molar-refractivity contribution >= 4 is 0 Å². The van der Waals surface area contributed by atoms with E-state index in [-0.39, 0.29) is 11.3 Å². The van der Waals surface area contributed by atoms with Crippen LogP contribution in [0.2, 0.25) is 0 Å². The first kappa shape index (κ1) is 19.8. The number of nitriles is 2. The topological polar surface area (TPSA) is 47.6 Å². The molecule has 0 N–H and O–H groups in total. The molecule has 0 spiro atoms. The molecule has 4 aromatic carbocycles. The number of nitrogens with zero attached hydrogens (tertiary/aromatic N) is 2. The highest BCUT2D eigenvalue weighted by Crippen LogP contribution is 2.50. The fraction of sp³-hybridized carbons (Fsp3) is 0.133. The van der Waals surface area contributed by atoms with Crippen molar-refractivity contribution in [2.24, 2.45) is 0 Å². The molecule has 0 aliphatic heterocycles. The zero-order valence-electron chi connectivity index (χ0n) is 18.1. The monoisotopic (exact) mass is 410 g/mol. The van der Waals surface area contributed by atoms with Gasteiger partial charge in [-0.1, -0.05) is 86.6 Å². The maximum atomic E-state index is 9.51. The van der Waals surface area contributed by atoms with E-state index in [2.05, 4.69) is 92.7 Å². The van der Waals surface area contributed by atoms with E-state index in [9.17, 15) is 10.5 Å². The third-order valence-electron chi connectivity index (χ3n) is 6.66. The first-order chi connectivity index (χ1) is 15.5. The molecule has 0 heterocycles. The Labute approximate surface area is 189 Å². The molecule has 0 fully saturated rings. The third-order valence-corrected chi connectivity index (χ3v) is 6.66. The van der Waals surface area contributed by atoms with Crippen LogP contribution in [0.25, 0.3) is 11.1 Å². The summed E-state index contributed by atoms with van der Waals surface area (Å²) in [6.07, 6.45) is 0. The minimum atomic E-state index is -0.0899. The molecule has 0 aromatic heterocycles. The van der Waals surface area contributed by atoms with Gasteiger partial charge in [-0.15, -0.1) is 0 Å². The van der Waals surface area contributed by atoms with Crippen LogP contribution in [0.3, 0.4) is 0 Å². The van der Waals surface area contributed by atoms with E-state index >= 15 is 0 Å². The highest BCUT2D eigenvalue weighted by Gasteiger charge is 2.38. The molecule has 0 radical (unpaired) electrons. The van der Waals surface area contributed by atoms with Crippen LogP contribution in [0.4, 0.5) is 0 Å². The van der Waals surface area contributed by atoms with E-state index in [1.54, 1.807) is 6.07 Å². The van der Waals surface area contributed by atoms with Crippen molar-refractivity contribution in [3.05, 3.63) is 130 Å². The summed E-state index contributed by atoms with van der Waals surface area (Å²) in [6.45, 7) is 4.59. The lowest BCUT2D eigenvalue weighted by atomic mass is 9.63. The summed E-state index contributed by atoms with van der Waals surface area (Å²) in [6, 6.07) is 35.6. The van der Waals surface area contributed by atoms with E-state index in [1.807, 2.05) is 18.2 Å². The van der Waals surface area contributed by atoms with Crippen LogP contribution in [0.5, 0.6) is 0 Å². The van der Waals surface area contributed by atoms with E-state index in [1.165, 1.54) is 27.8 Å². The van der Waals surface area contributed by atoms with Crippen molar-refractivity contribution in [3.63, 3.8) is 0 Å². The summed E-state index contributed by atoms with van der Waals surface area (Å²) in [5.41, 5.74) is 9.32. The average molecular weight is 411 g/mol. The number of hydrogen-bond donors (Lipinski definition) is 0. The number of benzene rings is 4. The SMILES string of the molecule is CC1(C)c2ccccc2C(c2ccccc2-c2cc(C#N)cc(C#N)c2)c2ccccc21. The molecule has 0 saturated heterocycles. The van der Waals surface area contributed by atoms with Gasteiger partial charge in [0.2, 0.25) is 0 Å². The highest BCUT2D eigenvalue weighted by atomic mass is 14.4. The van der Waals surface area contributed by atoms with Crippen LogP contribution in [0, 0.1) is 22.7 Å². The van der Waals surface area contributed by atoms with Crippen molar-refractivity contribution in [1.82, 2.24) is 0 Å². The third kappa shape index (κ3) is 3.01. The molecule has 152 valence electrons. The lowest BCUT2D eigenvalue weighted by Gasteiger charge is -2.40. The van der Waals surface area contributed by atoms with Gasteiger partial charge in [-0.2, -0.15) is 10.5 Å². The van der Waals surface area contributed by atoms with Crippen LogP contribution < -0.4 is 0 Å². The minimum absolute atomic E-state index is 0.0721. The van der Waals surface area contributed by atoms with Gasteiger partial charge < -0.3 is 0 Å². The fourth-order valence-electron chi connectivity index (χ4n) is 5.21. The van der Waals surface area contributed by atoms with Gasteiger partial charge in [-0.05, 0) is 57.1 Å². The average Bonchev–Trinajstić information content (AvgIpc) is 2.84. The second kappa shape index (κ2) is 7.52.